The van der Waals surface area contributed by atoms with E-state index in [1.165, 1.54) is 5.69 Å². The van der Waals surface area contributed by atoms with E-state index in [0.717, 1.165) is 100 Å². The molecule has 0 atom stereocenters. The average Bonchev–Trinajstić information content (AvgIpc) is 3.37. The summed E-state index contributed by atoms with van der Waals surface area (Å²) in [7, 11) is 2.07. The molecule has 3 aromatic carbocycles. The third-order valence-electron chi connectivity index (χ3n) is 8.07. The van der Waals surface area contributed by atoms with Crippen molar-refractivity contribution < 1.29 is 4.74 Å². The van der Waals surface area contributed by atoms with Gasteiger partial charge in [-0.2, -0.15) is 0 Å². The van der Waals surface area contributed by atoms with E-state index >= 15 is 0 Å². The molecule has 1 aliphatic rings. The normalized spacial score (nSPS) is 13.5. The molecule has 8 nitrogen and oxygen atoms in total. The van der Waals surface area contributed by atoms with Gasteiger partial charge in [-0.05, 0) is 92.2 Å². The molecule has 1 saturated heterocycles. The molecule has 0 unspecified atom stereocenters. The topological polar surface area (TPSA) is 80.1 Å². The predicted octanol–water partition coefficient (Wildman–Crippen LogP) is 7.38. The monoisotopic (exact) mass is 569 g/mol. The van der Waals surface area contributed by atoms with Gasteiger partial charge in [0.1, 0.15) is 5.82 Å². The molecule has 1 fully saturated rings. The molecule has 8 heteroatoms. The minimum absolute atomic E-state index is 0.761. The Bertz CT molecular complexity index is 1920. The summed E-state index contributed by atoms with van der Waals surface area (Å²) in [6.45, 7) is 7.47. The van der Waals surface area contributed by atoms with Crippen LogP contribution >= 0.6 is 0 Å². The highest BCUT2D eigenvalue weighted by molar-refractivity contribution is 5.95. The van der Waals surface area contributed by atoms with Crippen LogP contribution in [0.5, 0.6) is 0 Å². The molecule has 216 valence electrons. The van der Waals surface area contributed by atoms with E-state index in [4.69, 9.17) is 14.7 Å². The van der Waals surface area contributed by atoms with Gasteiger partial charge < -0.3 is 24.8 Å². The van der Waals surface area contributed by atoms with Crippen LogP contribution in [0.2, 0.25) is 0 Å². The predicted molar refractivity (Wildman–Crippen MR) is 176 cm³/mol. The first-order valence-corrected chi connectivity index (χ1v) is 14.8. The van der Waals surface area contributed by atoms with Gasteiger partial charge in [0, 0.05) is 77.1 Å². The van der Waals surface area contributed by atoms with Crippen LogP contribution in [-0.2, 0) is 18.2 Å². The highest BCUT2D eigenvalue weighted by Gasteiger charge is 2.15. The molecule has 0 bridgehead atoms. The maximum absolute atomic E-state index is 5.55. The Morgan fingerprint density at radius 3 is 2.40 bits per heavy atom. The number of imidazole rings is 1. The maximum atomic E-state index is 5.55. The molecule has 3 aromatic heterocycles. The summed E-state index contributed by atoms with van der Waals surface area (Å²) in [6.07, 6.45) is 2.75. The van der Waals surface area contributed by atoms with Gasteiger partial charge in [0.05, 0.1) is 29.8 Å². The van der Waals surface area contributed by atoms with Crippen LogP contribution in [0.3, 0.4) is 0 Å². The van der Waals surface area contributed by atoms with E-state index in [0.29, 0.717) is 0 Å². The maximum Gasteiger partial charge on any atom is 0.140 e. The summed E-state index contributed by atoms with van der Waals surface area (Å²) in [4.78, 5) is 16.6. The second-order valence-electron chi connectivity index (χ2n) is 11.0. The zero-order valence-corrected chi connectivity index (χ0v) is 24.8. The Morgan fingerprint density at radius 2 is 1.58 bits per heavy atom. The van der Waals surface area contributed by atoms with Crippen molar-refractivity contribution in [3.05, 3.63) is 96.4 Å². The number of benzene rings is 3. The van der Waals surface area contributed by atoms with Crippen molar-refractivity contribution >= 4 is 50.4 Å². The molecular formula is C35H35N7O. The minimum Gasteiger partial charge on any atom is -0.378 e. The van der Waals surface area contributed by atoms with Gasteiger partial charge in [-0.25, -0.2) is 4.98 Å². The molecule has 2 N–H and O–H groups in total. The van der Waals surface area contributed by atoms with Crippen molar-refractivity contribution in [2.45, 2.75) is 20.3 Å². The molecule has 1 aliphatic heterocycles. The summed E-state index contributed by atoms with van der Waals surface area (Å²) in [5.74, 6) is 0.927. The van der Waals surface area contributed by atoms with E-state index in [-0.39, 0.29) is 0 Å². The number of anilines is 5. The number of ether oxygens (including phenoxy) is 1. The van der Waals surface area contributed by atoms with Crippen molar-refractivity contribution in [2.75, 3.05) is 41.8 Å². The Labute approximate surface area is 251 Å². The number of aryl methyl sites for hydroxylation is 3. The van der Waals surface area contributed by atoms with Crippen LogP contribution in [0.4, 0.5) is 28.4 Å². The van der Waals surface area contributed by atoms with E-state index in [1.54, 1.807) is 0 Å². The van der Waals surface area contributed by atoms with Gasteiger partial charge in [0.25, 0.3) is 0 Å². The average molecular weight is 570 g/mol. The number of pyridine rings is 2. The lowest BCUT2D eigenvalue weighted by atomic mass is 10.1. The first kappa shape index (κ1) is 26.9. The van der Waals surface area contributed by atoms with Gasteiger partial charge in [0.2, 0.25) is 0 Å². The van der Waals surface area contributed by atoms with Crippen molar-refractivity contribution in [3.8, 4) is 11.4 Å². The van der Waals surface area contributed by atoms with Crippen molar-refractivity contribution in [1.29, 1.82) is 0 Å². The molecule has 43 heavy (non-hydrogen) atoms. The molecule has 4 heterocycles. The van der Waals surface area contributed by atoms with Crippen molar-refractivity contribution in [1.82, 2.24) is 19.5 Å². The quantitative estimate of drug-likeness (QED) is 0.208. The van der Waals surface area contributed by atoms with Gasteiger partial charge in [-0.1, -0.05) is 6.92 Å². The Hall–Kier alpha value is -4.95. The lowest BCUT2D eigenvalue weighted by Gasteiger charge is -2.29. The lowest BCUT2D eigenvalue weighted by Crippen LogP contribution is -2.36. The molecular weight excluding hydrogens is 534 g/mol. The largest absolute Gasteiger partial charge is 0.378 e. The van der Waals surface area contributed by atoms with Crippen LogP contribution in [0.1, 0.15) is 18.3 Å². The molecule has 0 amide bonds. The van der Waals surface area contributed by atoms with Crippen LogP contribution in [0, 0.1) is 6.92 Å². The standard InChI is InChI=1S/C35H35N7O/c1-4-25-20-28(13-14-36-25)38-27-9-12-34-33(21-27)40-35(41(34)3)24-5-7-26(8-6-24)39-32-19-23(2)37-31-11-10-29(22-30(31)32)42-15-17-43-18-16-42/h5-14,19-22H,4,15-18H2,1-3H3,(H,36,38)(H,37,39). The molecule has 6 aromatic rings. The van der Waals surface area contributed by atoms with E-state index in [9.17, 15) is 0 Å². The second-order valence-corrected chi connectivity index (χ2v) is 11.0. The Balaban J connectivity index is 1.14. The fourth-order valence-electron chi connectivity index (χ4n) is 5.78. The molecule has 0 aliphatic carbocycles. The minimum atomic E-state index is 0.761. The zero-order chi connectivity index (χ0) is 29.3. The van der Waals surface area contributed by atoms with Gasteiger partial charge >= 0.3 is 0 Å². The van der Waals surface area contributed by atoms with Crippen LogP contribution < -0.4 is 15.5 Å². The summed E-state index contributed by atoms with van der Waals surface area (Å²) < 4.78 is 7.70. The van der Waals surface area contributed by atoms with Gasteiger partial charge in [0.15, 0.2) is 0 Å². The summed E-state index contributed by atoms with van der Waals surface area (Å²) in [6, 6.07) is 27.5. The number of hydrogen-bond donors (Lipinski definition) is 2. The number of hydrogen-bond acceptors (Lipinski definition) is 7. The number of nitrogens with zero attached hydrogens (tertiary/aromatic N) is 5. The number of nitrogens with one attached hydrogen (secondary N) is 2. The fraction of sp³-hybridized carbons (Fsp3) is 0.229. The summed E-state index contributed by atoms with van der Waals surface area (Å²) in [5.41, 5.74) is 11.4. The Kier molecular flexibility index (Phi) is 7.12. The van der Waals surface area contributed by atoms with Crippen LogP contribution in [-0.4, -0.2) is 45.8 Å². The lowest BCUT2D eigenvalue weighted by molar-refractivity contribution is 0.122. The highest BCUT2D eigenvalue weighted by atomic mass is 16.5. The van der Waals surface area contributed by atoms with Crippen LogP contribution in [0.25, 0.3) is 33.3 Å². The molecule has 0 radical (unpaired) electrons. The SMILES string of the molecule is CCc1cc(Nc2ccc3c(c2)nc(-c2ccc(Nc4cc(C)nc5ccc(N6CCOCC6)cc45)cc2)n3C)ccn1. The number of fused-ring (bicyclic) bond motifs is 2. The summed E-state index contributed by atoms with van der Waals surface area (Å²) in [5, 5.41) is 8.26. The molecule has 0 saturated carbocycles. The molecule has 7 rings (SSSR count). The first-order chi connectivity index (χ1) is 21.0. The van der Waals surface area contributed by atoms with E-state index < -0.39 is 0 Å². The number of aromatic nitrogens is 4. The van der Waals surface area contributed by atoms with Crippen molar-refractivity contribution in [2.24, 2.45) is 7.05 Å². The molecule has 0 spiro atoms. The Morgan fingerprint density at radius 1 is 0.791 bits per heavy atom. The second kappa shape index (κ2) is 11.4. The zero-order valence-electron chi connectivity index (χ0n) is 24.8. The fourth-order valence-corrected chi connectivity index (χ4v) is 5.78. The number of rotatable bonds is 7. The first-order valence-electron chi connectivity index (χ1n) is 14.8. The van der Waals surface area contributed by atoms with E-state index in [2.05, 4.69) is 112 Å². The van der Waals surface area contributed by atoms with E-state index in [1.807, 2.05) is 19.2 Å². The van der Waals surface area contributed by atoms with Gasteiger partial charge in [-0.3, -0.25) is 9.97 Å². The van der Waals surface area contributed by atoms with Crippen LogP contribution in [0.15, 0.2) is 85.1 Å². The van der Waals surface area contributed by atoms with Crippen molar-refractivity contribution in [3.63, 3.8) is 0 Å². The summed E-state index contributed by atoms with van der Waals surface area (Å²) >= 11 is 0. The van der Waals surface area contributed by atoms with Gasteiger partial charge in [-0.15, -0.1) is 0 Å². The smallest absolute Gasteiger partial charge is 0.140 e. The third-order valence-corrected chi connectivity index (χ3v) is 8.07. The highest BCUT2D eigenvalue weighted by Crippen LogP contribution is 2.32. The number of morpholine rings is 1. The third kappa shape index (κ3) is 5.49.